The number of benzene rings is 4. The molecule has 0 radical (unpaired) electrons. The minimum Gasteiger partial charge on any atom is -0.455 e. The van der Waals surface area contributed by atoms with E-state index in [1.54, 1.807) is 36.5 Å². The van der Waals surface area contributed by atoms with E-state index in [1.807, 2.05) is 29.2 Å². The number of carbonyl (C=O) groups excluding carboxylic acids is 5. The summed E-state index contributed by atoms with van der Waals surface area (Å²) in [6.45, 7) is 10.7. The van der Waals surface area contributed by atoms with Crippen molar-refractivity contribution < 1.29 is 42.1 Å². The average Bonchev–Trinajstić information content (AvgIpc) is 3.04. The van der Waals surface area contributed by atoms with E-state index in [-0.39, 0.29) is 65.4 Å². The van der Waals surface area contributed by atoms with Gasteiger partial charge < -0.3 is 35.1 Å². The fourth-order valence-corrected chi connectivity index (χ4v) is 13.5. The first-order valence-electron chi connectivity index (χ1n) is 29.4. The van der Waals surface area contributed by atoms with Gasteiger partial charge in [-0.3, -0.25) is 44.3 Å². The molecule has 0 bridgehead atoms. The minimum atomic E-state index is -4.66. The van der Waals surface area contributed by atoms with E-state index in [4.69, 9.17) is 16.3 Å². The number of amides is 5. The summed E-state index contributed by atoms with van der Waals surface area (Å²) in [6, 6.07) is 24.9. The van der Waals surface area contributed by atoms with Crippen LogP contribution in [-0.4, -0.2) is 132 Å². The third-order valence-corrected chi connectivity index (χ3v) is 18.9. The Hall–Kier alpha value is -8.34. The van der Waals surface area contributed by atoms with E-state index < -0.39 is 43.4 Å². The molecule has 450 valence electrons. The van der Waals surface area contributed by atoms with Crippen molar-refractivity contribution in [3.05, 3.63) is 146 Å². The molecule has 5 amide bonds. The number of carbonyl (C=O) groups is 5. The quantitative estimate of drug-likeness (QED) is 0.0206. The number of fused-ring (bicyclic) bond motifs is 2. The van der Waals surface area contributed by atoms with Crippen molar-refractivity contribution in [2.24, 2.45) is 11.3 Å². The zero-order chi connectivity index (χ0) is 60.3. The van der Waals surface area contributed by atoms with Crippen molar-refractivity contribution in [2.45, 2.75) is 95.5 Å². The normalized spacial score (nSPS) is 18.5. The predicted octanol–water partition coefficient (Wildman–Crippen LogP) is 9.52. The lowest BCUT2D eigenvalue weighted by molar-refractivity contribution is -0.384. The number of hydrogen-bond donors (Lipinski definition) is 5. The maximum absolute atomic E-state index is 14.2. The number of halogens is 1. The summed E-state index contributed by atoms with van der Waals surface area (Å²) < 4.78 is 36.4. The maximum atomic E-state index is 14.2. The Labute approximate surface area is 504 Å². The number of allylic oxidation sites excluding steroid dienone is 1. The molecule has 23 heteroatoms. The first-order valence-corrected chi connectivity index (χ1v) is 31.3. The molecule has 0 saturated carbocycles. The summed E-state index contributed by atoms with van der Waals surface area (Å²) in [6.07, 6.45) is 9.87. The number of piperidine rings is 2. The Bertz CT molecular complexity index is 3760. The number of hydrogen-bond acceptors (Lipinski definition) is 15. The molecule has 1 atom stereocenters. The van der Waals surface area contributed by atoms with Crippen LogP contribution < -0.4 is 30.3 Å². The third-order valence-electron chi connectivity index (χ3n) is 17.3. The number of likely N-dealkylation sites (tertiary alicyclic amines) is 1. The van der Waals surface area contributed by atoms with Gasteiger partial charge in [0.05, 0.1) is 21.6 Å². The molecule has 6 aromatic rings. The molecule has 11 rings (SSSR count). The monoisotopic (exact) mass is 1210 g/mol. The van der Waals surface area contributed by atoms with Crippen LogP contribution in [0.2, 0.25) is 5.02 Å². The van der Waals surface area contributed by atoms with E-state index >= 15 is 0 Å². The third kappa shape index (κ3) is 13.5. The number of unbranched alkanes of at least 4 members (excludes halogenated alkanes) is 1. The molecule has 1 unspecified atom stereocenters. The number of nitrogens with zero attached hydrogens (tertiary/aromatic N) is 6. The second-order valence-electron chi connectivity index (χ2n) is 23.8. The largest absolute Gasteiger partial charge is 0.455 e. The van der Waals surface area contributed by atoms with Gasteiger partial charge in [-0.25, -0.2) is 18.1 Å². The van der Waals surface area contributed by atoms with E-state index in [1.165, 1.54) is 46.0 Å². The average molecular weight is 1210 g/mol. The zero-order valence-electron chi connectivity index (χ0n) is 48.2. The molecule has 0 spiro atoms. The van der Waals surface area contributed by atoms with Crippen LogP contribution in [0, 0.1) is 21.4 Å². The van der Waals surface area contributed by atoms with Crippen LogP contribution in [-0.2, 0) is 31.0 Å². The van der Waals surface area contributed by atoms with Gasteiger partial charge in [-0.2, -0.15) is 0 Å². The number of H-pyrrole nitrogens is 1. The number of anilines is 3. The lowest BCUT2D eigenvalue weighted by Gasteiger charge is -2.39. The first kappa shape index (κ1) is 59.4. The van der Waals surface area contributed by atoms with Gasteiger partial charge in [-0.05, 0) is 134 Å². The number of imide groups is 1. The van der Waals surface area contributed by atoms with Crippen molar-refractivity contribution in [3.8, 4) is 11.5 Å². The summed E-state index contributed by atoms with van der Waals surface area (Å²) >= 11 is 6.27. The Morgan fingerprint density at radius 3 is 2.44 bits per heavy atom. The second-order valence-corrected chi connectivity index (χ2v) is 25.9. The van der Waals surface area contributed by atoms with Crippen molar-refractivity contribution in [3.63, 3.8) is 0 Å². The van der Waals surface area contributed by atoms with Gasteiger partial charge in [0.1, 0.15) is 28.9 Å². The number of nitro benzene ring substituents is 1. The van der Waals surface area contributed by atoms with Crippen LogP contribution >= 0.6 is 11.6 Å². The number of aromatic nitrogens is 2. The van der Waals surface area contributed by atoms with Crippen LogP contribution in [0.25, 0.3) is 16.6 Å². The van der Waals surface area contributed by atoms with Crippen LogP contribution in [0.5, 0.6) is 11.5 Å². The number of nitro groups is 1. The lowest BCUT2D eigenvalue weighted by atomic mass is 9.72. The van der Waals surface area contributed by atoms with Crippen molar-refractivity contribution in [1.29, 1.82) is 0 Å². The number of sulfonamides is 1. The summed E-state index contributed by atoms with van der Waals surface area (Å²) in [7, 11) is -4.66. The number of aromatic amines is 1. The fourth-order valence-electron chi connectivity index (χ4n) is 12.4. The topological polar surface area (TPSA) is 262 Å². The Morgan fingerprint density at radius 2 is 1.67 bits per heavy atom. The van der Waals surface area contributed by atoms with Gasteiger partial charge in [-0.15, -0.1) is 0 Å². The predicted molar refractivity (Wildman–Crippen MR) is 328 cm³/mol. The number of ether oxygens (including phenoxy) is 1. The van der Waals surface area contributed by atoms with E-state index in [0.717, 1.165) is 67.3 Å². The number of pyridine rings is 1. The van der Waals surface area contributed by atoms with Crippen LogP contribution in [0.4, 0.5) is 22.7 Å². The summed E-state index contributed by atoms with van der Waals surface area (Å²) in [5, 5.41) is 22.8. The molecule has 5 N–H and O–H groups in total. The van der Waals surface area contributed by atoms with Crippen molar-refractivity contribution >= 4 is 90.5 Å². The van der Waals surface area contributed by atoms with Gasteiger partial charge >= 0.3 is 0 Å². The number of piperazine rings is 1. The molecule has 6 heterocycles. The molecule has 3 fully saturated rings. The number of rotatable bonds is 20. The van der Waals surface area contributed by atoms with Gasteiger partial charge in [0, 0.05) is 130 Å². The summed E-state index contributed by atoms with van der Waals surface area (Å²) in [5.41, 5.74) is 7.35. The van der Waals surface area contributed by atoms with Gasteiger partial charge in [0.2, 0.25) is 17.7 Å². The maximum Gasteiger partial charge on any atom is 0.293 e. The standard InChI is InChI=1S/C63H70ClN11O10S/c1-63(2)23-19-43(50(35-63)41-9-11-44(64)12-10-41)38-71-28-30-72(31-29-71)45-13-15-49(56(33-45)85-46-32-42-20-25-66-59(42)68-37-46)60(78)70-86(83,84)47-14-16-53(55(34-47)75(81)82)67-36-40-21-26-73(27-22-40)58(77)8-3-4-24-65-52-7-5-6-48-51(52)39-74(62(48)80)54-17-18-57(76)69-61(54)79/h5-7,9-16,20,25,32-34,37,40,54,65,67H,3-4,8,17-19,21-24,26-31,35-36,38-39H2,1-2H3,(H,66,68)(H,70,78)(H,69,76,79). The highest BCUT2D eigenvalue weighted by Crippen LogP contribution is 2.44. The molecule has 86 heavy (non-hydrogen) atoms. The van der Waals surface area contributed by atoms with Crippen LogP contribution in [0.3, 0.4) is 0 Å². The molecule has 1 aliphatic carbocycles. The molecule has 21 nitrogen and oxygen atoms in total. The first-order chi connectivity index (χ1) is 41.3. The zero-order valence-corrected chi connectivity index (χ0v) is 49.7. The Kier molecular flexibility index (Phi) is 17.5. The lowest BCUT2D eigenvalue weighted by Crippen LogP contribution is -2.52. The molecule has 5 aliphatic rings. The Morgan fingerprint density at radius 1 is 0.884 bits per heavy atom. The molecule has 2 aromatic heterocycles. The molecule has 3 saturated heterocycles. The highest BCUT2D eigenvalue weighted by molar-refractivity contribution is 7.90. The summed E-state index contributed by atoms with van der Waals surface area (Å²) in [5.74, 6) is -1.49. The highest BCUT2D eigenvalue weighted by atomic mass is 35.5. The van der Waals surface area contributed by atoms with Gasteiger partial charge in [0.15, 0.2) is 0 Å². The van der Waals surface area contributed by atoms with E-state index in [9.17, 15) is 42.5 Å². The number of nitrogens with one attached hydrogen (secondary N) is 5. The van der Waals surface area contributed by atoms with E-state index in [0.29, 0.717) is 93.4 Å². The van der Waals surface area contributed by atoms with Gasteiger partial charge in [-0.1, -0.05) is 49.2 Å². The van der Waals surface area contributed by atoms with Gasteiger partial charge in [0.25, 0.3) is 27.5 Å². The smallest absolute Gasteiger partial charge is 0.293 e. The minimum absolute atomic E-state index is 0.0388. The molecule has 4 aromatic carbocycles. The van der Waals surface area contributed by atoms with Crippen molar-refractivity contribution in [2.75, 3.05) is 74.4 Å². The fraction of sp³-hybridized carbons (Fsp3) is 0.397. The summed E-state index contributed by atoms with van der Waals surface area (Å²) in [4.78, 5) is 91.7. The van der Waals surface area contributed by atoms with Crippen LogP contribution in [0.15, 0.2) is 114 Å². The molecule has 4 aliphatic heterocycles. The van der Waals surface area contributed by atoms with Crippen molar-refractivity contribution in [1.82, 2.24) is 34.7 Å². The SMILES string of the molecule is CC1(C)CCC(CN2CCN(c3ccc(C(=O)NS(=O)(=O)c4ccc(NCC5CCN(C(=O)CCCCNc6cccc7c6CN(C6CCC(=O)NC6=O)C7=O)CC5)c([N+](=O)[O-])c4)c(Oc4cnc5[nH]ccc5c4)c3)CC2)=C(c2ccc(Cl)cc2)C1. The molecular weight excluding hydrogens is 1140 g/mol. The second kappa shape index (κ2) is 25.3. The molecular formula is C63H70ClN11O10S. The highest BCUT2D eigenvalue weighted by Gasteiger charge is 2.40. The van der Waals surface area contributed by atoms with Crippen LogP contribution in [0.1, 0.15) is 110 Å². The Balaban J connectivity index is 0.676. The van der Waals surface area contributed by atoms with E-state index in [2.05, 4.69) is 66.4 Å².